The van der Waals surface area contributed by atoms with Crippen molar-refractivity contribution in [3.8, 4) is 0 Å². The second kappa shape index (κ2) is 7.31. The van der Waals surface area contributed by atoms with Crippen LogP contribution >= 0.6 is 11.3 Å². The van der Waals surface area contributed by atoms with Gasteiger partial charge in [-0.05, 0) is 30.0 Å². The van der Waals surface area contributed by atoms with E-state index in [2.05, 4.69) is 40.6 Å². The lowest BCUT2D eigenvalue weighted by molar-refractivity contribution is 0.325. The summed E-state index contributed by atoms with van der Waals surface area (Å²) < 4.78 is 0. The first-order chi connectivity index (χ1) is 11.9. The van der Waals surface area contributed by atoms with E-state index in [1.54, 1.807) is 11.3 Å². The lowest BCUT2D eigenvalue weighted by atomic mass is 9.83. The number of pyridine rings is 1. The molecule has 0 saturated heterocycles. The third-order valence-electron chi connectivity index (χ3n) is 4.96. The van der Waals surface area contributed by atoms with Gasteiger partial charge in [-0.2, -0.15) is 0 Å². The molecule has 1 fully saturated rings. The Bertz CT molecular complexity index is 745. The average molecular weight is 337 g/mol. The molecule has 1 atom stereocenters. The zero-order valence-electron chi connectivity index (χ0n) is 13.8. The van der Waals surface area contributed by atoms with Crippen LogP contribution in [0.3, 0.4) is 0 Å². The van der Waals surface area contributed by atoms with Crippen LogP contribution in [0, 0.1) is 5.92 Å². The van der Waals surface area contributed by atoms with Crippen molar-refractivity contribution in [2.45, 2.75) is 44.6 Å². The highest BCUT2D eigenvalue weighted by Gasteiger charge is 2.21. The number of nitrogens with zero attached hydrogens (tertiary/aromatic N) is 2. The van der Waals surface area contributed by atoms with Gasteiger partial charge in [0, 0.05) is 6.20 Å². The molecule has 124 valence electrons. The van der Waals surface area contributed by atoms with Gasteiger partial charge in [0.1, 0.15) is 10.3 Å². The average Bonchev–Trinajstić information content (AvgIpc) is 3.05. The van der Waals surface area contributed by atoms with Gasteiger partial charge in [0.05, 0.1) is 6.04 Å². The second-order valence-electron chi connectivity index (χ2n) is 6.69. The zero-order chi connectivity index (χ0) is 16.2. The Morgan fingerprint density at radius 3 is 2.67 bits per heavy atom. The smallest absolute Gasteiger partial charge is 0.185 e. The van der Waals surface area contributed by atoms with Gasteiger partial charge in [-0.3, -0.25) is 0 Å². The molecule has 3 nitrogen and oxygen atoms in total. The molecular formula is C20H23N3S. The van der Waals surface area contributed by atoms with E-state index in [1.807, 2.05) is 18.3 Å². The van der Waals surface area contributed by atoms with Gasteiger partial charge in [-0.15, -0.1) is 0 Å². The molecule has 0 radical (unpaired) electrons. The van der Waals surface area contributed by atoms with E-state index < -0.39 is 0 Å². The molecule has 0 spiro atoms. The first-order valence-electron chi connectivity index (χ1n) is 8.91. The standard InChI is InChI=1S/C20H23N3S/c1-3-8-15(9-4-1)14-18(16-10-5-2-6-11-16)23-20-22-17-12-7-13-21-19(17)24-20/h2,5-7,10-13,15,18H,1,3-4,8-9,14H2,(H,22,23). The summed E-state index contributed by atoms with van der Waals surface area (Å²) >= 11 is 1.65. The molecule has 1 aliphatic carbocycles. The van der Waals surface area contributed by atoms with Crippen LogP contribution in [0.1, 0.15) is 50.1 Å². The highest BCUT2D eigenvalue weighted by molar-refractivity contribution is 7.21. The Hall–Kier alpha value is -1.94. The van der Waals surface area contributed by atoms with Gasteiger partial charge < -0.3 is 5.32 Å². The predicted octanol–water partition coefficient (Wildman–Crippen LogP) is 5.81. The Balaban J connectivity index is 1.57. The van der Waals surface area contributed by atoms with Crippen LogP contribution in [0.4, 0.5) is 5.13 Å². The van der Waals surface area contributed by atoms with Crippen LogP contribution in [0.2, 0.25) is 0 Å². The largest absolute Gasteiger partial charge is 0.355 e. The van der Waals surface area contributed by atoms with E-state index in [-0.39, 0.29) is 0 Å². The molecule has 1 N–H and O–H groups in total. The maximum Gasteiger partial charge on any atom is 0.185 e. The lowest BCUT2D eigenvalue weighted by Gasteiger charge is -2.27. The fourth-order valence-corrected chi connectivity index (χ4v) is 4.56. The Morgan fingerprint density at radius 1 is 1.04 bits per heavy atom. The van der Waals surface area contributed by atoms with Crippen LogP contribution in [-0.2, 0) is 0 Å². The molecular weight excluding hydrogens is 314 g/mol. The van der Waals surface area contributed by atoms with E-state index in [0.29, 0.717) is 6.04 Å². The summed E-state index contributed by atoms with van der Waals surface area (Å²) in [4.78, 5) is 10.1. The molecule has 3 aromatic rings. The van der Waals surface area contributed by atoms with E-state index in [4.69, 9.17) is 4.98 Å². The van der Waals surface area contributed by atoms with Gasteiger partial charge in [-0.25, -0.2) is 9.97 Å². The molecule has 1 aromatic carbocycles. The number of hydrogen-bond donors (Lipinski definition) is 1. The number of nitrogens with one attached hydrogen (secondary N) is 1. The van der Waals surface area contributed by atoms with E-state index in [0.717, 1.165) is 21.4 Å². The number of fused-ring (bicyclic) bond motifs is 1. The minimum atomic E-state index is 0.329. The van der Waals surface area contributed by atoms with Gasteiger partial charge in [0.25, 0.3) is 0 Å². The lowest BCUT2D eigenvalue weighted by Crippen LogP contribution is -2.17. The first-order valence-corrected chi connectivity index (χ1v) is 9.73. The minimum absolute atomic E-state index is 0.329. The normalized spacial score (nSPS) is 17.0. The van der Waals surface area contributed by atoms with Crippen LogP contribution < -0.4 is 5.32 Å². The maximum absolute atomic E-state index is 4.72. The summed E-state index contributed by atoms with van der Waals surface area (Å²) in [6.07, 6.45) is 9.94. The molecule has 4 heteroatoms. The van der Waals surface area contributed by atoms with Crippen molar-refractivity contribution in [1.82, 2.24) is 9.97 Å². The van der Waals surface area contributed by atoms with Gasteiger partial charge in [0.15, 0.2) is 5.13 Å². The number of thiazole rings is 1. The minimum Gasteiger partial charge on any atom is -0.355 e. The highest BCUT2D eigenvalue weighted by atomic mass is 32.1. The molecule has 1 unspecified atom stereocenters. The summed E-state index contributed by atoms with van der Waals surface area (Å²) in [6, 6.07) is 15.1. The van der Waals surface area contributed by atoms with E-state index >= 15 is 0 Å². The molecule has 0 amide bonds. The molecule has 2 aromatic heterocycles. The molecule has 2 heterocycles. The Labute approximate surface area is 147 Å². The number of rotatable bonds is 5. The fraction of sp³-hybridized carbons (Fsp3) is 0.400. The van der Waals surface area contributed by atoms with Crippen molar-refractivity contribution in [3.63, 3.8) is 0 Å². The van der Waals surface area contributed by atoms with Crippen molar-refractivity contribution < 1.29 is 0 Å². The molecule has 1 aliphatic rings. The summed E-state index contributed by atoms with van der Waals surface area (Å²) in [7, 11) is 0. The van der Waals surface area contributed by atoms with Crippen molar-refractivity contribution in [2.75, 3.05) is 5.32 Å². The summed E-state index contributed by atoms with van der Waals surface area (Å²) in [5.41, 5.74) is 2.34. The zero-order valence-corrected chi connectivity index (χ0v) is 14.6. The van der Waals surface area contributed by atoms with E-state index in [1.165, 1.54) is 44.1 Å². The monoisotopic (exact) mass is 337 g/mol. The van der Waals surface area contributed by atoms with Gasteiger partial charge in [0.2, 0.25) is 0 Å². The SMILES string of the molecule is c1ccc(C(CC2CCCCC2)Nc2nc3cccnc3s2)cc1. The number of anilines is 1. The fourth-order valence-electron chi connectivity index (χ4n) is 3.70. The van der Waals surface area contributed by atoms with Crippen molar-refractivity contribution >= 4 is 26.8 Å². The first kappa shape index (κ1) is 15.6. The molecule has 1 saturated carbocycles. The Kier molecular flexibility index (Phi) is 4.74. The summed E-state index contributed by atoms with van der Waals surface area (Å²) in [6.45, 7) is 0. The van der Waals surface area contributed by atoms with Gasteiger partial charge >= 0.3 is 0 Å². The molecule has 4 rings (SSSR count). The Morgan fingerprint density at radius 2 is 1.88 bits per heavy atom. The molecule has 0 bridgehead atoms. The van der Waals surface area contributed by atoms with Crippen LogP contribution in [0.15, 0.2) is 48.7 Å². The second-order valence-corrected chi connectivity index (χ2v) is 7.67. The maximum atomic E-state index is 4.72. The summed E-state index contributed by atoms with van der Waals surface area (Å²) in [5, 5.41) is 4.68. The highest BCUT2D eigenvalue weighted by Crippen LogP contribution is 2.35. The van der Waals surface area contributed by atoms with Crippen LogP contribution in [-0.4, -0.2) is 9.97 Å². The van der Waals surface area contributed by atoms with Gasteiger partial charge in [-0.1, -0.05) is 73.8 Å². The van der Waals surface area contributed by atoms with Crippen molar-refractivity contribution in [2.24, 2.45) is 5.92 Å². The van der Waals surface area contributed by atoms with Crippen molar-refractivity contribution in [1.29, 1.82) is 0 Å². The number of benzene rings is 1. The predicted molar refractivity (Wildman–Crippen MR) is 101 cm³/mol. The molecule has 24 heavy (non-hydrogen) atoms. The molecule has 0 aliphatic heterocycles. The van der Waals surface area contributed by atoms with Crippen molar-refractivity contribution in [3.05, 3.63) is 54.2 Å². The number of aromatic nitrogens is 2. The quantitative estimate of drug-likeness (QED) is 0.638. The van der Waals surface area contributed by atoms with E-state index in [9.17, 15) is 0 Å². The van der Waals surface area contributed by atoms with Crippen LogP contribution in [0.25, 0.3) is 10.3 Å². The third kappa shape index (κ3) is 3.59. The topological polar surface area (TPSA) is 37.8 Å². The number of hydrogen-bond acceptors (Lipinski definition) is 4. The summed E-state index contributed by atoms with van der Waals surface area (Å²) in [5.74, 6) is 0.823. The third-order valence-corrected chi connectivity index (χ3v) is 5.87. The van der Waals surface area contributed by atoms with Crippen LogP contribution in [0.5, 0.6) is 0 Å².